The van der Waals surface area contributed by atoms with Gasteiger partial charge in [-0.1, -0.05) is 41.4 Å². The summed E-state index contributed by atoms with van der Waals surface area (Å²) >= 11 is 12.4. The molecule has 1 heterocycles. The minimum atomic E-state index is -0.290. The number of aryl methyl sites for hydroxylation is 1. The second kappa shape index (κ2) is 7.63. The van der Waals surface area contributed by atoms with E-state index in [9.17, 15) is 4.79 Å². The number of hydrogen-bond acceptors (Lipinski definition) is 3. The third-order valence-corrected chi connectivity index (χ3v) is 3.94. The molecule has 22 heavy (non-hydrogen) atoms. The van der Waals surface area contributed by atoms with Crippen LogP contribution in [-0.4, -0.2) is 33.9 Å². The Labute approximate surface area is 138 Å². The molecule has 2 rings (SSSR count). The molecular weight excluding hydrogens is 325 g/mol. The molecule has 0 saturated carbocycles. The zero-order chi connectivity index (χ0) is 16.1. The molecule has 0 aliphatic carbocycles. The van der Waals surface area contributed by atoms with E-state index in [0.717, 1.165) is 5.56 Å². The number of aliphatic hydroxyl groups is 1. The van der Waals surface area contributed by atoms with E-state index < -0.39 is 0 Å². The molecule has 1 aromatic carbocycles. The van der Waals surface area contributed by atoms with E-state index in [1.54, 1.807) is 17.7 Å². The van der Waals surface area contributed by atoms with Gasteiger partial charge in [0, 0.05) is 18.2 Å². The third-order valence-electron chi connectivity index (χ3n) is 3.19. The predicted octanol–water partition coefficient (Wildman–Crippen LogP) is 2.66. The minimum absolute atomic E-state index is 0.0266. The second-order valence-electron chi connectivity index (χ2n) is 4.83. The first kappa shape index (κ1) is 16.8. The maximum absolute atomic E-state index is 12.1. The Bertz CT molecular complexity index is 671. The summed E-state index contributed by atoms with van der Waals surface area (Å²) in [5.41, 5.74) is 1.78. The number of carbonyl (C=O) groups is 1. The van der Waals surface area contributed by atoms with Crippen LogP contribution in [0.25, 0.3) is 0 Å². The highest BCUT2D eigenvalue weighted by Crippen LogP contribution is 2.23. The fourth-order valence-corrected chi connectivity index (χ4v) is 2.59. The van der Waals surface area contributed by atoms with E-state index in [4.69, 9.17) is 28.3 Å². The van der Waals surface area contributed by atoms with E-state index in [1.165, 1.54) is 0 Å². The summed E-state index contributed by atoms with van der Waals surface area (Å²) in [5.74, 6) is -0.290. The molecule has 0 spiro atoms. The smallest absolute Gasteiger partial charge is 0.256 e. The Morgan fingerprint density at radius 1 is 1.36 bits per heavy atom. The van der Waals surface area contributed by atoms with Gasteiger partial charge in [0.05, 0.1) is 17.8 Å². The number of aromatic nitrogens is 2. The number of nitrogens with zero attached hydrogens (tertiary/aromatic N) is 2. The van der Waals surface area contributed by atoms with Gasteiger partial charge < -0.3 is 10.4 Å². The first-order valence-corrected chi connectivity index (χ1v) is 7.65. The van der Waals surface area contributed by atoms with Crippen molar-refractivity contribution >= 4 is 29.1 Å². The highest BCUT2D eigenvalue weighted by Gasteiger charge is 2.20. The molecule has 118 valence electrons. The van der Waals surface area contributed by atoms with Crippen molar-refractivity contribution in [1.29, 1.82) is 0 Å². The van der Waals surface area contributed by atoms with Gasteiger partial charge in [-0.25, -0.2) is 4.68 Å². The average molecular weight is 342 g/mol. The number of carbonyl (C=O) groups excluding carboxylic acids is 1. The molecule has 2 N–H and O–H groups in total. The summed E-state index contributed by atoms with van der Waals surface area (Å²) in [4.78, 5) is 12.1. The number of hydrogen-bond donors (Lipinski definition) is 2. The van der Waals surface area contributed by atoms with Crippen LogP contribution in [0, 0.1) is 6.92 Å². The molecule has 0 radical (unpaired) electrons. The Balaban J connectivity index is 2.20. The summed E-state index contributed by atoms with van der Waals surface area (Å²) in [7, 11) is 0. The van der Waals surface area contributed by atoms with Gasteiger partial charge in [-0.15, -0.1) is 0 Å². The van der Waals surface area contributed by atoms with Crippen molar-refractivity contribution in [2.45, 2.75) is 19.9 Å². The fraction of sp³-hybridized carbons (Fsp3) is 0.333. The van der Waals surface area contributed by atoms with Gasteiger partial charge in [-0.3, -0.25) is 4.79 Å². The Morgan fingerprint density at radius 2 is 2.09 bits per heavy atom. The molecule has 5 nitrogen and oxygen atoms in total. The highest BCUT2D eigenvalue weighted by atomic mass is 35.5. The quantitative estimate of drug-likeness (QED) is 0.793. The van der Waals surface area contributed by atoms with Crippen LogP contribution in [0.4, 0.5) is 0 Å². The second-order valence-corrected chi connectivity index (χ2v) is 5.60. The van der Waals surface area contributed by atoms with Crippen molar-refractivity contribution in [3.05, 3.63) is 51.3 Å². The van der Waals surface area contributed by atoms with Crippen LogP contribution in [0.3, 0.4) is 0 Å². The summed E-state index contributed by atoms with van der Waals surface area (Å²) in [6, 6.07) is 7.41. The van der Waals surface area contributed by atoms with Crippen LogP contribution in [-0.2, 0) is 6.54 Å². The largest absolute Gasteiger partial charge is 0.396 e. The predicted molar refractivity (Wildman–Crippen MR) is 86.6 cm³/mol. The van der Waals surface area contributed by atoms with Crippen LogP contribution in [0.2, 0.25) is 10.2 Å². The SMILES string of the molecule is Cc1nn(Cc2ccccc2Cl)c(Cl)c1C(=O)NCCCO. The monoisotopic (exact) mass is 341 g/mol. The topological polar surface area (TPSA) is 67.2 Å². The van der Waals surface area contributed by atoms with Crippen molar-refractivity contribution in [2.24, 2.45) is 0 Å². The highest BCUT2D eigenvalue weighted by molar-refractivity contribution is 6.33. The molecule has 0 aliphatic heterocycles. The summed E-state index contributed by atoms with van der Waals surface area (Å²) in [6.07, 6.45) is 0.496. The number of benzene rings is 1. The molecule has 0 saturated heterocycles. The Kier molecular flexibility index (Phi) is 5.83. The van der Waals surface area contributed by atoms with Gasteiger partial charge in [0.25, 0.3) is 5.91 Å². The third kappa shape index (κ3) is 3.80. The maximum Gasteiger partial charge on any atom is 0.256 e. The average Bonchev–Trinajstić information content (AvgIpc) is 2.76. The lowest BCUT2D eigenvalue weighted by molar-refractivity contribution is 0.0950. The van der Waals surface area contributed by atoms with E-state index in [2.05, 4.69) is 10.4 Å². The van der Waals surface area contributed by atoms with Crippen molar-refractivity contribution in [2.75, 3.05) is 13.2 Å². The molecule has 7 heteroatoms. The number of rotatable bonds is 6. The van der Waals surface area contributed by atoms with E-state index >= 15 is 0 Å². The van der Waals surface area contributed by atoms with Crippen LogP contribution in [0.5, 0.6) is 0 Å². The van der Waals surface area contributed by atoms with Crippen molar-refractivity contribution in [3.8, 4) is 0 Å². The maximum atomic E-state index is 12.1. The molecule has 0 fully saturated rings. The Morgan fingerprint density at radius 3 is 2.77 bits per heavy atom. The van der Waals surface area contributed by atoms with Gasteiger partial charge in [0.15, 0.2) is 0 Å². The van der Waals surface area contributed by atoms with E-state index in [1.807, 2.05) is 18.2 Å². The minimum Gasteiger partial charge on any atom is -0.396 e. The van der Waals surface area contributed by atoms with Crippen molar-refractivity contribution < 1.29 is 9.90 Å². The molecule has 0 unspecified atom stereocenters. The van der Waals surface area contributed by atoms with Crippen LogP contribution in [0.1, 0.15) is 28.0 Å². The molecule has 0 aliphatic rings. The summed E-state index contributed by atoms with van der Waals surface area (Å²) in [5, 5.41) is 16.7. The lowest BCUT2D eigenvalue weighted by atomic mass is 10.2. The molecule has 0 atom stereocenters. The molecule has 1 aromatic heterocycles. The molecule has 2 aromatic rings. The van der Waals surface area contributed by atoms with Gasteiger partial charge >= 0.3 is 0 Å². The van der Waals surface area contributed by atoms with Gasteiger partial charge in [0.1, 0.15) is 5.15 Å². The molecule has 0 bridgehead atoms. The molecule has 1 amide bonds. The fourth-order valence-electron chi connectivity index (χ4n) is 2.07. The number of nitrogens with one attached hydrogen (secondary N) is 1. The van der Waals surface area contributed by atoms with Gasteiger partial charge in [0.2, 0.25) is 0 Å². The molecular formula is C15H17Cl2N3O2. The van der Waals surface area contributed by atoms with Gasteiger partial charge in [-0.2, -0.15) is 5.10 Å². The van der Waals surface area contributed by atoms with Crippen LogP contribution < -0.4 is 5.32 Å². The van der Waals surface area contributed by atoms with Crippen LogP contribution >= 0.6 is 23.2 Å². The lowest BCUT2D eigenvalue weighted by Crippen LogP contribution is -2.25. The van der Waals surface area contributed by atoms with Gasteiger partial charge in [-0.05, 0) is 25.0 Å². The Hall–Kier alpha value is -1.56. The number of halogens is 2. The lowest BCUT2D eigenvalue weighted by Gasteiger charge is -2.06. The normalized spacial score (nSPS) is 10.7. The number of aliphatic hydroxyl groups excluding tert-OH is 1. The zero-order valence-electron chi connectivity index (χ0n) is 12.1. The van der Waals surface area contributed by atoms with Crippen LogP contribution in [0.15, 0.2) is 24.3 Å². The first-order valence-electron chi connectivity index (χ1n) is 6.90. The standard InChI is InChI=1S/C15H17Cl2N3O2/c1-10-13(15(22)18-7-4-8-21)14(17)20(19-10)9-11-5-2-3-6-12(11)16/h2-3,5-6,21H,4,7-9H2,1H3,(H,18,22). The summed E-state index contributed by atoms with van der Waals surface area (Å²) < 4.78 is 1.55. The summed E-state index contributed by atoms with van der Waals surface area (Å²) in [6.45, 7) is 2.54. The first-order chi connectivity index (χ1) is 10.5. The van der Waals surface area contributed by atoms with Crippen molar-refractivity contribution in [3.63, 3.8) is 0 Å². The van der Waals surface area contributed by atoms with E-state index in [0.29, 0.717) is 35.8 Å². The zero-order valence-corrected chi connectivity index (χ0v) is 13.7. The van der Waals surface area contributed by atoms with Crippen molar-refractivity contribution in [1.82, 2.24) is 15.1 Å². The van der Waals surface area contributed by atoms with E-state index in [-0.39, 0.29) is 17.7 Å². The number of amides is 1.